The molecule has 3 atom stereocenters. The minimum atomic E-state index is 0.489. The molecule has 0 aromatic rings. The molecule has 0 aromatic carbocycles. The van der Waals surface area contributed by atoms with E-state index in [0.717, 1.165) is 12.6 Å². The Kier molecular flexibility index (Phi) is 4.00. The van der Waals surface area contributed by atoms with Crippen molar-refractivity contribution in [3.63, 3.8) is 0 Å². The lowest BCUT2D eigenvalue weighted by Crippen LogP contribution is -2.45. The lowest BCUT2D eigenvalue weighted by atomic mass is 9.91. The summed E-state index contributed by atoms with van der Waals surface area (Å²) in [6.45, 7) is 2.08. The minimum Gasteiger partial charge on any atom is -0.381 e. The number of nitrogens with zero attached hydrogens (tertiary/aromatic N) is 1. The minimum absolute atomic E-state index is 0.489. The van der Waals surface area contributed by atoms with E-state index in [0.29, 0.717) is 12.1 Å². The maximum absolute atomic E-state index is 5.83. The highest BCUT2D eigenvalue weighted by molar-refractivity contribution is 4.88. The molecule has 3 heteroatoms. The third-order valence-corrected chi connectivity index (χ3v) is 4.10. The molecule has 1 aliphatic heterocycles. The van der Waals surface area contributed by atoms with Crippen LogP contribution < -0.4 is 5.73 Å². The van der Waals surface area contributed by atoms with Crippen LogP contribution in [0.4, 0.5) is 0 Å². The lowest BCUT2D eigenvalue weighted by Gasteiger charge is -2.37. The molecule has 0 radical (unpaired) electrons. The zero-order valence-electron chi connectivity index (χ0n) is 9.82. The monoisotopic (exact) mass is 212 g/mol. The summed E-state index contributed by atoms with van der Waals surface area (Å²) in [6, 6.07) is 1.38. The average Bonchev–Trinajstić information content (AvgIpc) is 2.77. The maximum Gasteiger partial charge on any atom is 0.0586 e. The predicted octanol–water partition coefficient (Wildman–Crippen LogP) is 1.37. The first-order chi connectivity index (χ1) is 7.35. The number of rotatable bonds is 3. The molecule has 1 aliphatic carbocycles. The van der Waals surface area contributed by atoms with Crippen LogP contribution in [0.25, 0.3) is 0 Å². The van der Waals surface area contributed by atoms with Crippen LogP contribution in [0, 0.1) is 0 Å². The fourth-order valence-corrected chi connectivity index (χ4v) is 3.23. The van der Waals surface area contributed by atoms with Crippen molar-refractivity contribution in [2.24, 2.45) is 5.73 Å². The van der Waals surface area contributed by atoms with Crippen LogP contribution in [0.3, 0.4) is 0 Å². The Labute approximate surface area is 93.0 Å². The van der Waals surface area contributed by atoms with Gasteiger partial charge in [-0.15, -0.1) is 0 Å². The van der Waals surface area contributed by atoms with Gasteiger partial charge < -0.3 is 10.5 Å². The number of nitrogens with two attached hydrogens (primary N) is 1. The van der Waals surface area contributed by atoms with Gasteiger partial charge >= 0.3 is 0 Å². The van der Waals surface area contributed by atoms with E-state index >= 15 is 0 Å². The van der Waals surface area contributed by atoms with Gasteiger partial charge in [-0.2, -0.15) is 0 Å². The number of ether oxygens (including phenoxy) is 1. The molecule has 0 bridgehead atoms. The molecule has 0 spiro atoms. The zero-order chi connectivity index (χ0) is 10.7. The first-order valence-electron chi connectivity index (χ1n) is 6.33. The Morgan fingerprint density at radius 1 is 1.27 bits per heavy atom. The van der Waals surface area contributed by atoms with Crippen LogP contribution in [-0.4, -0.2) is 43.3 Å². The summed E-state index contributed by atoms with van der Waals surface area (Å²) in [4.78, 5) is 2.64. The van der Waals surface area contributed by atoms with E-state index in [1.54, 1.807) is 0 Å². The third-order valence-electron chi connectivity index (χ3n) is 4.10. The van der Waals surface area contributed by atoms with E-state index in [1.165, 1.54) is 45.1 Å². The summed E-state index contributed by atoms with van der Waals surface area (Å²) >= 11 is 0. The molecule has 3 unspecified atom stereocenters. The van der Waals surface area contributed by atoms with Crippen molar-refractivity contribution in [3.05, 3.63) is 0 Å². The summed E-state index contributed by atoms with van der Waals surface area (Å²) in [5.74, 6) is 0. The maximum atomic E-state index is 5.83. The van der Waals surface area contributed by atoms with Gasteiger partial charge in [0.05, 0.1) is 6.10 Å². The van der Waals surface area contributed by atoms with Crippen molar-refractivity contribution in [1.29, 1.82) is 0 Å². The van der Waals surface area contributed by atoms with Gasteiger partial charge in [-0.05, 0) is 45.1 Å². The fraction of sp³-hybridized carbons (Fsp3) is 1.00. The van der Waals surface area contributed by atoms with Gasteiger partial charge in [0, 0.05) is 25.7 Å². The molecular weight excluding hydrogens is 188 g/mol. The Morgan fingerprint density at radius 2 is 2.13 bits per heavy atom. The van der Waals surface area contributed by atoms with Crippen molar-refractivity contribution < 1.29 is 4.74 Å². The topological polar surface area (TPSA) is 38.5 Å². The zero-order valence-corrected chi connectivity index (χ0v) is 9.82. The summed E-state index contributed by atoms with van der Waals surface area (Å²) in [5, 5.41) is 0. The molecule has 0 aromatic heterocycles. The Morgan fingerprint density at radius 3 is 2.87 bits per heavy atom. The van der Waals surface area contributed by atoms with E-state index in [2.05, 4.69) is 4.90 Å². The normalized spacial score (nSPS) is 38.4. The number of hydrogen-bond donors (Lipinski definition) is 1. The molecule has 0 amide bonds. The van der Waals surface area contributed by atoms with Crippen LogP contribution in [0.5, 0.6) is 0 Å². The van der Waals surface area contributed by atoms with E-state index < -0.39 is 0 Å². The molecule has 1 saturated heterocycles. The van der Waals surface area contributed by atoms with Crippen LogP contribution in [0.15, 0.2) is 0 Å². The van der Waals surface area contributed by atoms with E-state index in [4.69, 9.17) is 10.5 Å². The molecular formula is C12H24N2O. The molecule has 2 rings (SSSR count). The first kappa shape index (κ1) is 11.4. The van der Waals surface area contributed by atoms with Gasteiger partial charge in [0.1, 0.15) is 0 Å². The largest absolute Gasteiger partial charge is 0.381 e. The van der Waals surface area contributed by atoms with E-state index in [1.807, 2.05) is 7.11 Å². The quantitative estimate of drug-likeness (QED) is 0.768. The third kappa shape index (κ3) is 2.52. The van der Waals surface area contributed by atoms with Crippen LogP contribution in [0.2, 0.25) is 0 Å². The van der Waals surface area contributed by atoms with Crippen LogP contribution >= 0.6 is 0 Å². The second-order valence-corrected chi connectivity index (χ2v) is 4.95. The molecule has 2 fully saturated rings. The average molecular weight is 212 g/mol. The Hall–Kier alpha value is -0.120. The second-order valence-electron chi connectivity index (χ2n) is 4.95. The van der Waals surface area contributed by atoms with Crippen molar-refractivity contribution >= 4 is 0 Å². The van der Waals surface area contributed by atoms with Crippen LogP contribution in [0.1, 0.15) is 38.5 Å². The number of methoxy groups -OCH3 is 1. The number of hydrogen-bond acceptors (Lipinski definition) is 3. The van der Waals surface area contributed by atoms with E-state index in [-0.39, 0.29) is 0 Å². The van der Waals surface area contributed by atoms with Gasteiger partial charge in [0.15, 0.2) is 0 Å². The highest BCUT2D eigenvalue weighted by Crippen LogP contribution is 2.29. The molecule has 88 valence electrons. The Bertz CT molecular complexity index is 198. The summed E-state index contributed by atoms with van der Waals surface area (Å²) in [5.41, 5.74) is 5.83. The van der Waals surface area contributed by atoms with E-state index in [9.17, 15) is 0 Å². The van der Waals surface area contributed by atoms with Gasteiger partial charge in [0.25, 0.3) is 0 Å². The van der Waals surface area contributed by atoms with Crippen LogP contribution in [-0.2, 0) is 4.74 Å². The highest BCUT2D eigenvalue weighted by atomic mass is 16.5. The molecule has 15 heavy (non-hydrogen) atoms. The van der Waals surface area contributed by atoms with Crippen molar-refractivity contribution in [2.45, 2.75) is 56.7 Å². The van der Waals surface area contributed by atoms with Crippen molar-refractivity contribution in [3.8, 4) is 0 Å². The first-order valence-corrected chi connectivity index (χ1v) is 6.33. The van der Waals surface area contributed by atoms with Crippen molar-refractivity contribution in [1.82, 2.24) is 4.90 Å². The SMILES string of the molecule is COC1CCCC(N2CCCC2CN)C1. The van der Waals surface area contributed by atoms with Gasteiger partial charge in [-0.25, -0.2) is 0 Å². The molecule has 1 saturated carbocycles. The Balaban J connectivity index is 1.91. The second kappa shape index (κ2) is 5.28. The lowest BCUT2D eigenvalue weighted by molar-refractivity contribution is 0.0251. The standard InChI is InChI=1S/C12H24N2O/c1-15-12-6-2-4-10(8-12)14-7-3-5-11(14)9-13/h10-12H,2-9,13H2,1H3. The molecule has 2 aliphatic rings. The number of likely N-dealkylation sites (tertiary alicyclic amines) is 1. The van der Waals surface area contributed by atoms with Gasteiger partial charge in [0.2, 0.25) is 0 Å². The van der Waals surface area contributed by atoms with Gasteiger partial charge in [-0.3, -0.25) is 4.90 Å². The molecule has 2 N–H and O–H groups in total. The summed E-state index contributed by atoms with van der Waals surface area (Å²) < 4.78 is 5.49. The summed E-state index contributed by atoms with van der Waals surface area (Å²) in [6.07, 6.45) is 8.23. The molecule has 1 heterocycles. The summed E-state index contributed by atoms with van der Waals surface area (Å²) in [7, 11) is 1.84. The smallest absolute Gasteiger partial charge is 0.0586 e. The van der Waals surface area contributed by atoms with Crippen molar-refractivity contribution in [2.75, 3.05) is 20.2 Å². The fourth-order valence-electron chi connectivity index (χ4n) is 3.23. The van der Waals surface area contributed by atoms with Gasteiger partial charge in [-0.1, -0.05) is 0 Å². The highest BCUT2D eigenvalue weighted by Gasteiger charge is 2.33. The predicted molar refractivity (Wildman–Crippen MR) is 61.8 cm³/mol. The molecule has 3 nitrogen and oxygen atoms in total.